The molecule has 0 spiro atoms. The van der Waals surface area contributed by atoms with Gasteiger partial charge in [0.25, 0.3) is 5.91 Å². The Bertz CT molecular complexity index is 1310. The maximum absolute atomic E-state index is 14.0. The Balaban J connectivity index is 1.83. The summed E-state index contributed by atoms with van der Waals surface area (Å²) in [6.45, 7) is 3.37. The predicted octanol–water partition coefficient (Wildman–Crippen LogP) is 6.37. The molecule has 0 radical (unpaired) electrons. The number of fused-ring (bicyclic) bond motifs is 1. The molecule has 0 atom stereocenters. The standard InChI is InChI=1S/C30H32N2O4/c1-5-6-16-32(20-21-12-8-7-9-13-21)30(33)24-19-26(31-25-15-11-10-14-23(24)25)22-17-27(34-2)29(36-4)28(18-22)35-3/h7-15,17-19H,5-6,16,20H2,1-4H3. The zero-order chi connectivity index (χ0) is 25.5. The van der Waals surface area contributed by atoms with Crippen LogP contribution in [0.1, 0.15) is 35.7 Å². The smallest absolute Gasteiger partial charge is 0.254 e. The van der Waals surface area contributed by atoms with E-state index in [4.69, 9.17) is 19.2 Å². The molecule has 0 aliphatic heterocycles. The molecule has 0 fully saturated rings. The zero-order valence-corrected chi connectivity index (χ0v) is 21.3. The number of pyridine rings is 1. The zero-order valence-electron chi connectivity index (χ0n) is 21.3. The third-order valence-corrected chi connectivity index (χ3v) is 6.19. The fourth-order valence-corrected chi connectivity index (χ4v) is 4.30. The molecular formula is C30H32N2O4. The molecule has 0 saturated carbocycles. The molecule has 0 aliphatic carbocycles. The summed E-state index contributed by atoms with van der Waals surface area (Å²) in [4.78, 5) is 20.8. The van der Waals surface area contributed by atoms with Crippen molar-refractivity contribution in [2.45, 2.75) is 26.3 Å². The maximum atomic E-state index is 14.0. The third kappa shape index (κ3) is 5.28. The highest BCUT2D eigenvalue weighted by Crippen LogP contribution is 2.41. The molecule has 0 aliphatic rings. The normalized spacial score (nSPS) is 10.8. The first kappa shape index (κ1) is 25.0. The molecule has 0 saturated heterocycles. The number of aromatic nitrogens is 1. The molecule has 1 amide bonds. The van der Waals surface area contributed by atoms with Gasteiger partial charge in [0.1, 0.15) is 0 Å². The lowest BCUT2D eigenvalue weighted by Gasteiger charge is -2.24. The van der Waals surface area contributed by atoms with Crippen LogP contribution in [-0.2, 0) is 6.54 Å². The second-order valence-electron chi connectivity index (χ2n) is 8.55. The van der Waals surface area contributed by atoms with Crippen LogP contribution < -0.4 is 14.2 Å². The lowest BCUT2D eigenvalue weighted by molar-refractivity contribution is 0.0743. The summed E-state index contributed by atoms with van der Waals surface area (Å²) >= 11 is 0. The Morgan fingerprint density at radius 3 is 2.17 bits per heavy atom. The number of benzene rings is 3. The Hall–Kier alpha value is -4.06. The Labute approximate surface area is 212 Å². The van der Waals surface area contributed by atoms with Gasteiger partial charge in [-0.05, 0) is 36.2 Å². The molecule has 0 unspecified atom stereocenters. The van der Waals surface area contributed by atoms with E-state index in [9.17, 15) is 4.79 Å². The number of carbonyl (C=O) groups is 1. The van der Waals surface area contributed by atoms with E-state index in [1.807, 2.05) is 65.6 Å². The number of amides is 1. The van der Waals surface area contributed by atoms with Crippen molar-refractivity contribution in [3.63, 3.8) is 0 Å². The Morgan fingerprint density at radius 1 is 0.861 bits per heavy atom. The van der Waals surface area contributed by atoms with Gasteiger partial charge in [-0.3, -0.25) is 4.79 Å². The van der Waals surface area contributed by atoms with E-state index in [0.717, 1.165) is 34.9 Å². The van der Waals surface area contributed by atoms with Crippen molar-refractivity contribution < 1.29 is 19.0 Å². The van der Waals surface area contributed by atoms with E-state index >= 15 is 0 Å². The van der Waals surface area contributed by atoms with E-state index < -0.39 is 0 Å². The number of ether oxygens (including phenoxy) is 3. The second-order valence-corrected chi connectivity index (χ2v) is 8.55. The fourth-order valence-electron chi connectivity index (χ4n) is 4.30. The van der Waals surface area contributed by atoms with Crippen LogP contribution in [0.3, 0.4) is 0 Å². The van der Waals surface area contributed by atoms with Crippen molar-refractivity contribution in [1.82, 2.24) is 9.88 Å². The molecule has 36 heavy (non-hydrogen) atoms. The van der Waals surface area contributed by atoms with Crippen molar-refractivity contribution in [3.05, 3.63) is 83.9 Å². The van der Waals surface area contributed by atoms with Gasteiger partial charge in [0.2, 0.25) is 5.75 Å². The number of para-hydroxylation sites is 1. The summed E-state index contributed by atoms with van der Waals surface area (Å²) in [5.41, 5.74) is 3.91. The molecule has 4 rings (SSSR count). The number of methoxy groups -OCH3 is 3. The minimum Gasteiger partial charge on any atom is -0.493 e. The van der Waals surface area contributed by atoms with E-state index in [-0.39, 0.29) is 5.91 Å². The summed E-state index contributed by atoms with van der Waals surface area (Å²) < 4.78 is 16.6. The summed E-state index contributed by atoms with van der Waals surface area (Å²) in [5, 5.41) is 0.827. The van der Waals surface area contributed by atoms with E-state index in [1.165, 1.54) is 0 Å². The summed E-state index contributed by atoms with van der Waals surface area (Å²) in [7, 11) is 4.74. The average molecular weight is 485 g/mol. The van der Waals surface area contributed by atoms with E-state index in [1.54, 1.807) is 21.3 Å². The van der Waals surface area contributed by atoms with Gasteiger partial charge < -0.3 is 19.1 Å². The largest absolute Gasteiger partial charge is 0.493 e. The lowest BCUT2D eigenvalue weighted by atomic mass is 10.0. The van der Waals surface area contributed by atoms with Crippen molar-refractivity contribution >= 4 is 16.8 Å². The highest BCUT2D eigenvalue weighted by atomic mass is 16.5. The first-order valence-electron chi connectivity index (χ1n) is 12.1. The molecule has 1 aromatic heterocycles. The molecule has 6 nitrogen and oxygen atoms in total. The molecule has 0 N–H and O–H groups in total. The summed E-state index contributed by atoms with van der Waals surface area (Å²) in [6.07, 6.45) is 1.94. The van der Waals surface area contributed by atoms with Crippen LogP contribution in [0.4, 0.5) is 0 Å². The highest BCUT2D eigenvalue weighted by molar-refractivity contribution is 6.07. The highest BCUT2D eigenvalue weighted by Gasteiger charge is 2.21. The molecule has 1 heterocycles. The molecule has 0 bridgehead atoms. The van der Waals surface area contributed by atoms with Crippen molar-refractivity contribution in [1.29, 1.82) is 0 Å². The van der Waals surface area contributed by atoms with Crippen LogP contribution in [-0.4, -0.2) is 43.7 Å². The number of nitrogens with zero attached hydrogens (tertiary/aromatic N) is 2. The molecule has 186 valence electrons. The number of rotatable bonds is 10. The van der Waals surface area contributed by atoms with Gasteiger partial charge in [-0.1, -0.05) is 61.9 Å². The van der Waals surface area contributed by atoms with Gasteiger partial charge in [-0.25, -0.2) is 4.98 Å². The van der Waals surface area contributed by atoms with Crippen LogP contribution in [0, 0.1) is 0 Å². The SMILES string of the molecule is CCCCN(Cc1ccccc1)C(=O)c1cc(-c2cc(OC)c(OC)c(OC)c2)nc2ccccc12. The topological polar surface area (TPSA) is 60.9 Å². The lowest BCUT2D eigenvalue weighted by Crippen LogP contribution is -2.31. The van der Waals surface area contributed by atoms with Crippen LogP contribution in [0.5, 0.6) is 17.2 Å². The second kappa shape index (κ2) is 11.6. The van der Waals surface area contributed by atoms with E-state index in [0.29, 0.717) is 41.6 Å². The molecule has 3 aromatic carbocycles. The molecule has 6 heteroatoms. The van der Waals surface area contributed by atoms with Crippen LogP contribution >= 0.6 is 0 Å². The number of hydrogen-bond acceptors (Lipinski definition) is 5. The Morgan fingerprint density at radius 2 is 1.53 bits per heavy atom. The van der Waals surface area contributed by atoms with Gasteiger partial charge >= 0.3 is 0 Å². The van der Waals surface area contributed by atoms with Gasteiger partial charge in [0.05, 0.1) is 38.1 Å². The molecular weight excluding hydrogens is 452 g/mol. The van der Waals surface area contributed by atoms with Crippen LogP contribution in [0.2, 0.25) is 0 Å². The number of hydrogen-bond donors (Lipinski definition) is 0. The maximum Gasteiger partial charge on any atom is 0.254 e. The van der Waals surface area contributed by atoms with Crippen LogP contribution in [0.15, 0.2) is 72.8 Å². The minimum absolute atomic E-state index is 0.0143. The summed E-state index contributed by atoms with van der Waals surface area (Å²) in [6, 6.07) is 23.4. The quantitative estimate of drug-likeness (QED) is 0.262. The molecule has 4 aromatic rings. The van der Waals surface area contributed by atoms with Gasteiger partial charge in [-0.2, -0.15) is 0 Å². The first-order chi connectivity index (χ1) is 17.6. The monoisotopic (exact) mass is 484 g/mol. The van der Waals surface area contributed by atoms with E-state index in [2.05, 4.69) is 19.1 Å². The number of unbranched alkanes of at least 4 members (excludes halogenated alkanes) is 1. The third-order valence-electron chi connectivity index (χ3n) is 6.19. The fraction of sp³-hybridized carbons (Fsp3) is 0.267. The van der Waals surface area contributed by atoms with Gasteiger partial charge in [-0.15, -0.1) is 0 Å². The van der Waals surface area contributed by atoms with Crippen LogP contribution in [0.25, 0.3) is 22.2 Å². The first-order valence-corrected chi connectivity index (χ1v) is 12.1. The van der Waals surface area contributed by atoms with Crippen molar-refractivity contribution in [2.75, 3.05) is 27.9 Å². The van der Waals surface area contributed by atoms with Gasteiger partial charge in [0.15, 0.2) is 11.5 Å². The van der Waals surface area contributed by atoms with Crippen molar-refractivity contribution in [2.24, 2.45) is 0 Å². The predicted molar refractivity (Wildman–Crippen MR) is 143 cm³/mol. The van der Waals surface area contributed by atoms with Gasteiger partial charge in [0, 0.05) is 24.0 Å². The van der Waals surface area contributed by atoms with Crippen molar-refractivity contribution in [3.8, 4) is 28.5 Å². The Kier molecular flexibility index (Phi) is 8.06. The summed E-state index contributed by atoms with van der Waals surface area (Å²) in [5.74, 6) is 1.56. The number of carbonyl (C=O) groups excluding carboxylic acids is 1. The average Bonchev–Trinajstić information content (AvgIpc) is 2.93. The minimum atomic E-state index is -0.0143.